The number of alkyl halides is 3. The van der Waals surface area contributed by atoms with Crippen LogP contribution in [-0.4, -0.2) is 43.8 Å². The molecule has 0 aromatic carbocycles. The predicted octanol–water partition coefficient (Wildman–Crippen LogP) is 1.47. The molecule has 1 aliphatic carbocycles. The molecular weight excluding hydrogens is 269 g/mol. The highest BCUT2D eigenvalue weighted by Gasteiger charge is 2.34. The average molecular weight is 288 g/mol. The standard InChI is InChI=1S/C10H19F3N2O2S/c11-10(12,13)5-2-8-18(16,17)15(7-6-14)9-3-1-4-9/h9H,1-8,14H2. The third-order valence-electron chi connectivity index (χ3n) is 3.05. The van der Waals surface area contributed by atoms with Crippen LogP contribution in [0.2, 0.25) is 0 Å². The Morgan fingerprint density at radius 2 is 1.89 bits per heavy atom. The highest BCUT2D eigenvalue weighted by atomic mass is 32.2. The minimum absolute atomic E-state index is 0.0653. The first-order valence-corrected chi connectivity index (χ1v) is 7.63. The van der Waals surface area contributed by atoms with E-state index in [1.807, 2.05) is 0 Å². The topological polar surface area (TPSA) is 63.4 Å². The molecule has 1 fully saturated rings. The second-order valence-electron chi connectivity index (χ2n) is 4.52. The van der Waals surface area contributed by atoms with Crippen molar-refractivity contribution in [2.45, 2.75) is 44.3 Å². The van der Waals surface area contributed by atoms with Gasteiger partial charge in [-0.25, -0.2) is 8.42 Å². The maximum Gasteiger partial charge on any atom is 0.389 e. The number of hydrogen-bond acceptors (Lipinski definition) is 3. The molecule has 1 aliphatic rings. The molecule has 0 unspecified atom stereocenters. The molecule has 4 nitrogen and oxygen atoms in total. The van der Waals surface area contributed by atoms with Crippen LogP contribution in [-0.2, 0) is 10.0 Å². The van der Waals surface area contributed by atoms with Crippen molar-refractivity contribution < 1.29 is 21.6 Å². The number of sulfonamides is 1. The molecule has 0 heterocycles. The normalized spacial score (nSPS) is 18.1. The molecule has 1 rings (SSSR count). The zero-order chi connectivity index (χ0) is 13.8. The van der Waals surface area contributed by atoms with E-state index < -0.39 is 28.4 Å². The molecule has 0 aromatic rings. The molecule has 0 aromatic heterocycles. The van der Waals surface area contributed by atoms with Crippen molar-refractivity contribution in [3.63, 3.8) is 0 Å². The van der Waals surface area contributed by atoms with Gasteiger partial charge in [0.05, 0.1) is 5.75 Å². The van der Waals surface area contributed by atoms with Gasteiger partial charge >= 0.3 is 6.18 Å². The maximum atomic E-state index is 12.0. The molecule has 108 valence electrons. The third kappa shape index (κ3) is 4.74. The van der Waals surface area contributed by atoms with Gasteiger partial charge in [0.15, 0.2) is 0 Å². The zero-order valence-corrected chi connectivity index (χ0v) is 10.9. The third-order valence-corrected chi connectivity index (χ3v) is 5.05. The van der Waals surface area contributed by atoms with E-state index in [0.29, 0.717) is 0 Å². The molecule has 2 N–H and O–H groups in total. The Balaban J connectivity index is 2.53. The Labute approximate surface area is 105 Å². The highest BCUT2D eigenvalue weighted by Crippen LogP contribution is 2.28. The van der Waals surface area contributed by atoms with Crippen LogP contribution in [0.3, 0.4) is 0 Å². The van der Waals surface area contributed by atoms with E-state index in [0.717, 1.165) is 19.3 Å². The van der Waals surface area contributed by atoms with Crippen LogP contribution in [0.15, 0.2) is 0 Å². The fourth-order valence-corrected chi connectivity index (χ4v) is 3.72. The van der Waals surface area contributed by atoms with Gasteiger partial charge in [0, 0.05) is 25.6 Å². The molecule has 0 bridgehead atoms. The summed E-state index contributed by atoms with van der Waals surface area (Å²) in [6.07, 6.45) is -3.24. The van der Waals surface area contributed by atoms with Gasteiger partial charge in [-0.2, -0.15) is 17.5 Å². The van der Waals surface area contributed by atoms with E-state index in [1.165, 1.54) is 4.31 Å². The van der Waals surface area contributed by atoms with Crippen molar-refractivity contribution in [2.24, 2.45) is 5.73 Å². The largest absolute Gasteiger partial charge is 0.389 e. The van der Waals surface area contributed by atoms with Gasteiger partial charge in [-0.15, -0.1) is 0 Å². The van der Waals surface area contributed by atoms with Gasteiger partial charge in [0.2, 0.25) is 10.0 Å². The lowest BCUT2D eigenvalue weighted by molar-refractivity contribution is -0.134. The maximum absolute atomic E-state index is 12.0. The van der Waals surface area contributed by atoms with E-state index in [1.54, 1.807) is 0 Å². The van der Waals surface area contributed by atoms with Crippen LogP contribution >= 0.6 is 0 Å². The fourth-order valence-electron chi connectivity index (χ4n) is 1.92. The average Bonchev–Trinajstić information content (AvgIpc) is 2.11. The lowest BCUT2D eigenvalue weighted by atomic mass is 9.93. The van der Waals surface area contributed by atoms with E-state index in [-0.39, 0.29) is 25.6 Å². The number of halogens is 3. The Hall–Kier alpha value is -0.340. The summed E-state index contributed by atoms with van der Waals surface area (Å²) in [5.41, 5.74) is 5.35. The van der Waals surface area contributed by atoms with Crippen LogP contribution in [0.5, 0.6) is 0 Å². The van der Waals surface area contributed by atoms with E-state index >= 15 is 0 Å². The van der Waals surface area contributed by atoms with Crippen molar-refractivity contribution in [3.05, 3.63) is 0 Å². The van der Waals surface area contributed by atoms with Crippen molar-refractivity contribution in [3.8, 4) is 0 Å². The van der Waals surface area contributed by atoms with Gasteiger partial charge in [-0.05, 0) is 19.3 Å². The lowest BCUT2D eigenvalue weighted by Crippen LogP contribution is -2.47. The second-order valence-corrected chi connectivity index (χ2v) is 6.56. The summed E-state index contributed by atoms with van der Waals surface area (Å²) in [6, 6.07) is -0.0653. The van der Waals surface area contributed by atoms with Crippen molar-refractivity contribution in [2.75, 3.05) is 18.8 Å². The van der Waals surface area contributed by atoms with Crippen molar-refractivity contribution >= 4 is 10.0 Å². The van der Waals surface area contributed by atoms with Gasteiger partial charge in [0.1, 0.15) is 0 Å². The van der Waals surface area contributed by atoms with E-state index in [9.17, 15) is 21.6 Å². The van der Waals surface area contributed by atoms with Gasteiger partial charge in [0.25, 0.3) is 0 Å². The van der Waals surface area contributed by atoms with Crippen LogP contribution in [0.1, 0.15) is 32.1 Å². The molecule has 0 atom stereocenters. The zero-order valence-electron chi connectivity index (χ0n) is 10.1. The molecule has 0 radical (unpaired) electrons. The summed E-state index contributed by atoms with van der Waals surface area (Å²) in [6.45, 7) is 0.383. The summed E-state index contributed by atoms with van der Waals surface area (Å²) in [7, 11) is -3.61. The molecule has 1 saturated carbocycles. The summed E-state index contributed by atoms with van der Waals surface area (Å²) in [4.78, 5) is 0. The number of hydrogen-bond donors (Lipinski definition) is 1. The first-order valence-electron chi connectivity index (χ1n) is 6.02. The first kappa shape index (κ1) is 15.7. The lowest BCUT2D eigenvalue weighted by Gasteiger charge is -2.36. The SMILES string of the molecule is NCCN(C1CCC1)S(=O)(=O)CCCC(F)(F)F. The van der Waals surface area contributed by atoms with E-state index in [4.69, 9.17) is 5.73 Å². The van der Waals surface area contributed by atoms with Gasteiger partial charge < -0.3 is 5.73 Å². The number of nitrogens with zero attached hydrogens (tertiary/aromatic N) is 1. The summed E-state index contributed by atoms with van der Waals surface area (Å²) in [5.74, 6) is -0.455. The predicted molar refractivity (Wildman–Crippen MR) is 62.5 cm³/mol. The Morgan fingerprint density at radius 3 is 2.28 bits per heavy atom. The van der Waals surface area contributed by atoms with Gasteiger partial charge in [-0.3, -0.25) is 0 Å². The Bertz CT molecular complexity index is 353. The molecule has 0 saturated heterocycles. The Kier molecular flexibility index (Phi) is 5.42. The molecular formula is C10H19F3N2O2S. The van der Waals surface area contributed by atoms with Crippen LogP contribution < -0.4 is 5.73 Å². The molecule has 8 heteroatoms. The number of nitrogens with two attached hydrogens (primary N) is 1. The summed E-state index contributed by atoms with van der Waals surface area (Å²) >= 11 is 0. The smallest absolute Gasteiger partial charge is 0.329 e. The summed E-state index contributed by atoms with van der Waals surface area (Å²) in [5, 5.41) is 0. The van der Waals surface area contributed by atoms with Crippen LogP contribution in [0.25, 0.3) is 0 Å². The minimum Gasteiger partial charge on any atom is -0.329 e. The second kappa shape index (κ2) is 6.21. The minimum atomic E-state index is -4.30. The van der Waals surface area contributed by atoms with Crippen LogP contribution in [0, 0.1) is 0 Å². The number of rotatable bonds is 7. The summed E-state index contributed by atoms with van der Waals surface area (Å²) < 4.78 is 61.1. The molecule has 0 spiro atoms. The quantitative estimate of drug-likeness (QED) is 0.771. The molecule has 0 amide bonds. The monoisotopic (exact) mass is 288 g/mol. The highest BCUT2D eigenvalue weighted by molar-refractivity contribution is 7.89. The first-order chi connectivity index (χ1) is 8.26. The molecule has 0 aliphatic heterocycles. The molecule has 18 heavy (non-hydrogen) atoms. The van der Waals surface area contributed by atoms with Crippen LogP contribution in [0.4, 0.5) is 13.2 Å². The van der Waals surface area contributed by atoms with E-state index in [2.05, 4.69) is 0 Å². The fraction of sp³-hybridized carbons (Fsp3) is 1.00. The van der Waals surface area contributed by atoms with Gasteiger partial charge in [-0.1, -0.05) is 6.42 Å². The van der Waals surface area contributed by atoms with Crippen molar-refractivity contribution in [1.29, 1.82) is 0 Å². The van der Waals surface area contributed by atoms with Crippen molar-refractivity contribution in [1.82, 2.24) is 4.31 Å². The Morgan fingerprint density at radius 1 is 1.28 bits per heavy atom.